The highest BCUT2D eigenvalue weighted by molar-refractivity contribution is 7.09. The zero-order valence-corrected chi connectivity index (χ0v) is 15.0. The molecule has 1 aliphatic rings. The normalized spacial score (nSPS) is 22.7. The molecule has 6 heteroatoms. The average Bonchev–Trinajstić information content (AvgIpc) is 2.80. The van der Waals surface area contributed by atoms with Gasteiger partial charge in [-0.3, -0.25) is 0 Å². The Morgan fingerprint density at radius 3 is 2.82 bits per heavy atom. The molecule has 1 amide bonds. The monoisotopic (exact) mass is 325 g/mol. The van der Waals surface area contributed by atoms with E-state index in [2.05, 4.69) is 22.6 Å². The van der Waals surface area contributed by atoms with Gasteiger partial charge in [-0.25, -0.2) is 9.78 Å². The van der Waals surface area contributed by atoms with E-state index in [9.17, 15) is 4.79 Å². The molecule has 22 heavy (non-hydrogen) atoms. The lowest BCUT2D eigenvalue weighted by molar-refractivity contribution is 0.00932. The molecule has 2 rings (SSSR count). The highest BCUT2D eigenvalue weighted by Crippen LogP contribution is 2.21. The minimum absolute atomic E-state index is 0.194. The second-order valence-corrected chi connectivity index (χ2v) is 7.95. The van der Waals surface area contributed by atoms with E-state index in [0.717, 1.165) is 36.6 Å². The van der Waals surface area contributed by atoms with E-state index in [4.69, 9.17) is 4.74 Å². The van der Waals surface area contributed by atoms with Gasteiger partial charge in [0.2, 0.25) is 0 Å². The fraction of sp³-hybridized carbons (Fsp3) is 0.750. The highest BCUT2D eigenvalue weighted by atomic mass is 32.1. The van der Waals surface area contributed by atoms with Crippen LogP contribution in [-0.4, -0.2) is 40.2 Å². The lowest BCUT2D eigenvalue weighted by Crippen LogP contribution is -2.50. The molecule has 124 valence electrons. The van der Waals surface area contributed by atoms with Gasteiger partial charge >= 0.3 is 6.09 Å². The first-order valence-electron chi connectivity index (χ1n) is 7.88. The smallest absolute Gasteiger partial charge is 0.410 e. The van der Waals surface area contributed by atoms with Crippen LogP contribution in [0.15, 0.2) is 5.38 Å². The number of carbonyl (C=O) groups is 1. The van der Waals surface area contributed by atoms with Crippen LogP contribution in [-0.2, 0) is 11.3 Å². The Bertz CT molecular complexity index is 510. The van der Waals surface area contributed by atoms with Crippen LogP contribution in [0.5, 0.6) is 0 Å². The summed E-state index contributed by atoms with van der Waals surface area (Å²) in [6, 6.07) is 0.622. The summed E-state index contributed by atoms with van der Waals surface area (Å²) in [6.07, 6.45) is 1.70. The largest absolute Gasteiger partial charge is 0.444 e. The van der Waals surface area contributed by atoms with Gasteiger partial charge in [0.15, 0.2) is 0 Å². The molecule has 1 aromatic rings. The quantitative estimate of drug-likeness (QED) is 0.926. The van der Waals surface area contributed by atoms with Crippen molar-refractivity contribution in [2.24, 2.45) is 0 Å². The molecule has 0 saturated carbocycles. The third kappa shape index (κ3) is 4.95. The molecule has 0 bridgehead atoms. The molecule has 0 aliphatic carbocycles. The zero-order chi connectivity index (χ0) is 16.3. The minimum atomic E-state index is -0.436. The van der Waals surface area contributed by atoms with E-state index in [1.54, 1.807) is 11.3 Å². The maximum absolute atomic E-state index is 12.2. The van der Waals surface area contributed by atoms with Crippen LogP contribution < -0.4 is 5.32 Å². The molecular weight excluding hydrogens is 298 g/mol. The Morgan fingerprint density at radius 2 is 2.27 bits per heavy atom. The summed E-state index contributed by atoms with van der Waals surface area (Å²) in [4.78, 5) is 18.5. The molecule has 0 spiro atoms. The Labute approximate surface area is 137 Å². The average molecular weight is 325 g/mol. The molecule has 2 unspecified atom stereocenters. The number of rotatable bonds is 3. The highest BCUT2D eigenvalue weighted by Gasteiger charge is 2.31. The van der Waals surface area contributed by atoms with Crippen molar-refractivity contribution < 1.29 is 9.53 Å². The van der Waals surface area contributed by atoms with Crippen molar-refractivity contribution in [3.8, 4) is 0 Å². The molecule has 0 aromatic carbocycles. The van der Waals surface area contributed by atoms with E-state index < -0.39 is 5.60 Å². The predicted octanol–water partition coefficient (Wildman–Crippen LogP) is 3.33. The maximum atomic E-state index is 12.2. The predicted molar refractivity (Wildman–Crippen MR) is 89.1 cm³/mol. The number of nitrogens with one attached hydrogen (secondary N) is 1. The Balaban J connectivity index is 1.80. The molecule has 5 nitrogen and oxygen atoms in total. The molecule has 0 radical (unpaired) electrons. The van der Waals surface area contributed by atoms with Crippen LogP contribution in [0.25, 0.3) is 0 Å². The van der Waals surface area contributed by atoms with Crippen LogP contribution >= 0.6 is 11.3 Å². The van der Waals surface area contributed by atoms with Crippen molar-refractivity contribution in [2.75, 3.05) is 6.54 Å². The Morgan fingerprint density at radius 1 is 1.55 bits per heavy atom. The molecule has 1 fully saturated rings. The molecule has 1 aliphatic heterocycles. The number of nitrogens with zero attached hydrogens (tertiary/aromatic N) is 2. The number of hydrogen-bond donors (Lipinski definition) is 1. The molecule has 2 heterocycles. The fourth-order valence-electron chi connectivity index (χ4n) is 2.66. The van der Waals surface area contributed by atoms with Crippen LogP contribution in [0, 0.1) is 6.92 Å². The van der Waals surface area contributed by atoms with Crippen molar-refractivity contribution in [3.05, 3.63) is 16.1 Å². The topological polar surface area (TPSA) is 54.5 Å². The van der Waals surface area contributed by atoms with Crippen molar-refractivity contribution in [2.45, 2.75) is 71.7 Å². The van der Waals surface area contributed by atoms with Gasteiger partial charge in [0.25, 0.3) is 0 Å². The summed E-state index contributed by atoms with van der Waals surface area (Å²) in [5.74, 6) is 0. The SMILES string of the molecule is Cc1csc(CNC2CCN(C(=O)OC(C)(C)C)C(C)C2)n1. The van der Waals surface area contributed by atoms with Crippen molar-refractivity contribution >= 4 is 17.4 Å². The van der Waals surface area contributed by atoms with E-state index in [0.29, 0.717) is 6.04 Å². The number of likely N-dealkylation sites (tertiary alicyclic amines) is 1. The summed E-state index contributed by atoms with van der Waals surface area (Å²) in [5.41, 5.74) is 0.643. The summed E-state index contributed by atoms with van der Waals surface area (Å²) < 4.78 is 5.47. The van der Waals surface area contributed by atoms with Gasteiger partial charge in [-0.2, -0.15) is 0 Å². The van der Waals surface area contributed by atoms with E-state index in [1.165, 1.54) is 0 Å². The number of carbonyl (C=O) groups excluding carboxylic acids is 1. The summed E-state index contributed by atoms with van der Waals surface area (Å²) in [5, 5.41) is 6.76. The van der Waals surface area contributed by atoms with Crippen molar-refractivity contribution in [1.82, 2.24) is 15.2 Å². The van der Waals surface area contributed by atoms with Gasteiger partial charge in [-0.1, -0.05) is 0 Å². The minimum Gasteiger partial charge on any atom is -0.444 e. The van der Waals surface area contributed by atoms with Gasteiger partial charge < -0.3 is 15.0 Å². The first kappa shape index (κ1) is 17.2. The Kier molecular flexibility index (Phi) is 5.45. The number of hydrogen-bond acceptors (Lipinski definition) is 5. The lowest BCUT2D eigenvalue weighted by atomic mass is 9.99. The van der Waals surface area contributed by atoms with E-state index in [-0.39, 0.29) is 12.1 Å². The number of amides is 1. The van der Waals surface area contributed by atoms with Crippen molar-refractivity contribution in [3.63, 3.8) is 0 Å². The van der Waals surface area contributed by atoms with Gasteiger partial charge in [0.05, 0.1) is 0 Å². The molecule has 2 atom stereocenters. The maximum Gasteiger partial charge on any atom is 0.410 e. The third-order valence-corrected chi connectivity index (χ3v) is 4.68. The van der Waals surface area contributed by atoms with Crippen LogP contribution in [0.3, 0.4) is 0 Å². The number of piperidine rings is 1. The van der Waals surface area contributed by atoms with Gasteiger partial charge in [-0.15, -0.1) is 11.3 Å². The molecule has 1 N–H and O–H groups in total. The summed E-state index contributed by atoms with van der Waals surface area (Å²) in [6.45, 7) is 11.4. The standard InChI is InChI=1S/C16H27N3O2S/c1-11-10-22-14(18-11)9-17-13-6-7-19(12(2)8-13)15(20)21-16(3,4)5/h10,12-13,17H,6-9H2,1-5H3. The number of ether oxygens (including phenoxy) is 1. The number of thiazole rings is 1. The van der Waals surface area contributed by atoms with Crippen LogP contribution in [0.4, 0.5) is 4.79 Å². The van der Waals surface area contributed by atoms with Crippen LogP contribution in [0.2, 0.25) is 0 Å². The lowest BCUT2D eigenvalue weighted by Gasteiger charge is -2.38. The zero-order valence-electron chi connectivity index (χ0n) is 14.2. The van der Waals surface area contributed by atoms with Gasteiger partial charge in [-0.05, 0) is 47.5 Å². The van der Waals surface area contributed by atoms with E-state index in [1.807, 2.05) is 32.6 Å². The first-order valence-corrected chi connectivity index (χ1v) is 8.76. The molecular formula is C16H27N3O2S. The summed E-state index contributed by atoms with van der Waals surface area (Å²) >= 11 is 1.69. The van der Waals surface area contributed by atoms with Gasteiger partial charge in [0, 0.05) is 36.2 Å². The fourth-order valence-corrected chi connectivity index (χ4v) is 3.39. The summed E-state index contributed by atoms with van der Waals surface area (Å²) in [7, 11) is 0. The number of aryl methyl sites for hydroxylation is 1. The second kappa shape index (κ2) is 6.96. The van der Waals surface area contributed by atoms with Crippen LogP contribution in [0.1, 0.15) is 51.2 Å². The first-order chi connectivity index (χ1) is 10.2. The third-order valence-electron chi connectivity index (χ3n) is 3.71. The van der Waals surface area contributed by atoms with Crippen molar-refractivity contribution in [1.29, 1.82) is 0 Å². The van der Waals surface area contributed by atoms with Gasteiger partial charge in [0.1, 0.15) is 10.6 Å². The molecule has 1 aromatic heterocycles. The number of aromatic nitrogens is 1. The second-order valence-electron chi connectivity index (χ2n) is 7.01. The Hall–Kier alpha value is -1.14. The molecule has 1 saturated heterocycles. The van der Waals surface area contributed by atoms with E-state index >= 15 is 0 Å².